The second-order valence-electron chi connectivity index (χ2n) is 9.52. The van der Waals surface area contributed by atoms with Gasteiger partial charge in [0.2, 0.25) is 0 Å². The number of amides is 2. The zero-order valence-corrected chi connectivity index (χ0v) is 19.4. The molecule has 3 aliphatic heterocycles. The van der Waals surface area contributed by atoms with Crippen LogP contribution in [0.1, 0.15) is 31.2 Å². The Morgan fingerprint density at radius 2 is 1.76 bits per heavy atom. The first-order valence-electron chi connectivity index (χ1n) is 12.3. The van der Waals surface area contributed by atoms with E-state index in [9.17, 15) is 4.79 Å². The van der Waals surface area contributed by atoms with Gasteiger partial charge in [0.25, 0.3) is 0 Å². The second-order valence-corrected chi connectivity index (χ2v) is 9.52. The van der Waals surface area contributed by atoms with Crippen LogP contribution in [0.3, 0.4) is 0 Å². The van der Waals surface area contributed by atoms with Crippen LogP contribution in [0.2, 0.25) is 0 Å². The van der Waals surface area contributed by atoms with Crippen molar-refractivity contribution in [1.82, 2.24) is 20.1 Å². The van der Waals surface area contributed by atoms with Crippen LogP contribution in [0.4, 0.5) is 10.6 Å². The number of benzene rings is 1. The highest BCUT2D eigenvalue weighted by atomic mass is 16.5. The average Bonchev–Trinajstić information content (AvgIpc) is 2.89. The lowest BCUT2D eigenvalue weighted by atomic mass is 9.81. The molecule has 4 heterocycles. The van der Waals surface area contributed by atoms with Crippen LogP contribution < -0.4 is 10.2 Å². The molecule has 2 amide bonds. The summed E-state index contributed by atoms with van der Waals surface area (Å²) >= 11 is 0. The quantitative estimate of drug-likeness (QED) is 0.777. The third-order valence-electron chi connectivity index (χ3n) is 7.52. The van der Waals surface area contributed by atoms with Gasteiger partial charge < -0.3 is 19.9 Å². The van der Waals surface area contributed by atoms with E-state index in [1.165, 1.54) is 0 Å². The smallest absolute Gasteiger partial charge is 0.317 e. The summed E-state index contributed by atoms with van der Waals surface area (Å²) in [5, 5.41) is 3.07. The van der Waals surface area contributed by atoms with Crippen LogP contribution >= 0.6 is 0 Å². The number of rotatable bonds is 4. The largest absolute Gasteiger partial charge is 0.375 e. The van der Waals surface area contributed by atoms with Gasteiger partial charge in [-0.15, -0.1) is 0 Å². The highest BCUT2D eigenvalue weighted by molar-refractivity contribution is 5.74. The fourth-order valence-corrected chi connectivity index (χ4v) is 5.52. The molecule has 33 heavy (non-hydrogen) atoms. The molecule has 7 heteroatoms. The predicted molar refractivity (Wildman–Crippen MR) is 129 cm³/mol. The molecule has 1 unspecified atom stereocenters. The zero-order valence-electron chi connectivity index (χ0n) is 19.4. The van der Waals surface area contributed by atoms with Crippen molar-refractivity contribution in [1.29, 1.82) is 0 Å². The lowest BCUT2D eigenvalue weighted by Gasteiger charge is -2.49. The van der Waals surface area contributed by atoms with E-state index in [-0.39, 0.29) is 11.6 Å². The van der Waals surface area contributed by atoms with Gasteiger partial charge in [-0.3, -0.25) is 4.90 Å². The summed E-state index contributed by atoms with van der Waals surface area (Å²) in [5.74, 6) is 1.08. The molecule has 0 saturated carbocycles. The topological polar surface area (TPSA) is 60.9 Å². The van der Waals surface area contributed by atoms with Gasteiger partial charge in [0, 0.05) is 64.7 Å². The Labute approximate surface area is 196 Å². The second kappa shape index (κ2) is 10.1. The molecule has 1 aromatic heterocycles. The summed E-state index contributed by atoms with van der Waals surface area (Å²) in [6.45, 7) is 7.13. The number of urea groups is 1. The summed E-state index contributed by atoms with van der Waals surface area (Å²) in [6.07, 6.45) is 5.91. The van der Waals surface area contributed by atoms with Gasteiger partial charge in [0.15, 0.2) is 0 Å². The molecule has 3 fully saturated rings. The van der Waals surface area contributed by atoms with Crippen molar-refractivity contribution in [3.63, 3.8) is 0 Å². The molecule has 0 bridgehead atoms. The van der Waals surface area contributed by atoms with Crippen molar-refractivity contribution in [2.24, 2.45) is 0 Å². The summed E-state index contributed by atoms with van der Waals surface area (Å²) in [4.78, 5) is 24.2. The average molecular weight is 450 g/mol. The number of piperazine rings is 1. The molecule has 0 radical (unpaired) electrons. The highest BCUT2D eigenvalue weighted by Gasteiger charge is 2.43. The van der Waals surface area contributed by atoms with E-state index in [2.05, 4.69) is 32.2 Å². The lowest BCUT2D eigenvalue weighted by Crippen LogP contribution is -2.58. The van der Waals surface area contributed by atoms with Gasteiger partial charge in [0.05, 0.1) is 5.60 Å². The molecule has 1 atom stereocenters. The van der Waals surface area contributed by atoms with Crippen LogP contribution in [0.15, 0.2) is 54.7 Å². The minimum Gasteiger partial charge on any atom is -0.375 e. The van der Waals surface area contributed by atoms with Crippen LogP contribution in [-0.4, -0.2) is 78.3 Å². The Morgan fingerprint density at radius 3 is 2.48 bits per heavy atom. The Kier molecular flexibility index (Phi) is 6.78. The molecule has 3 saturated heterocycles. The third-order valence-corrected chi connectivity index (χ3v) is 7.52. The molecule has 5 rings (SSSR count). The molecule has 176 valence electrons. The number of aromatic nitrogens is 1. The van der Waals surface area contributed by atoms with Crippen LogP contribution in [0, 0.1) is 0 Å². The van der Waals surface area contributed by atoms with Gasteiger partial charge in [-0.05, 0) is 43.4 Å². The van der Waals surface area contributed by atoms with E-state index in [0.717, 1.165) is 82.9 Å². The lowest BCUT2D eigenvalue weighted by molar-refractivity contribution is -0.129. The van der Waals surface area contributed by atoms with Gasteiger partial charge >= 0.3 is 6.03 Å². The summed E-state index contributed by atoms with van der Waals surface area (Å²) in [7, 11) is 0. The molecule has 7 nitrogen and oxygen atoms in total. The van der Waals surface area contributed by atoms with Crippen LogP contribution in [-0.2, 0) is 11.3 Å². The Hall–Kier alpha value is -2.64. The van der Waals surface area contributed by atoms with E-state index in [1.807, 2.05) is 47.5 Å². The number of hydrogen-bond acceptors (Lipinski definition) is 5. The predicted octanol–water partition coefficient (Wildman–Crippen LogP) is 3.13. The number of pyridine rings is 1. The van der Waals surface area contributed by atoms with E-state index in [0.29, 0.717) is 12.6 Å². The molecule has 0 aliphatic carbocycles. The maximum absolute atomic E-state index is 12.7. The van der Waals surface area contributed by atoms with E-state index >= 15 is 0 Å². The fraction of sp³-hybridized carbons (Fsp3) is 0.538. The number of anilines is 1. The fourth-order valence-electron chi connectivity index (χ4n) is 5.52. The number of carbonyl (C=O) groups is 1. The molecular weight excluding hydrogens is 414 g/mol. The number of likely N-dealkylation sites (tertiary alicyclic amines) is 1. The molecule has 3 aliphatic rings. The number of piperidine rings is 1. The number of carbonyl (C=O) groups excluding carboxylic acids is 1. The van der Waals surface area contributed by atoms with Crippen molar-refractivity contribution < 1.29 is 9.53 Å². The summed E-state index contributed by atoms with van der Waals surface area (Å²) < 4.78 is 6.37. The molecule has 1 N–H and O–H groups in total. The maximum Gasteiger partial charge on any atom is 0.317 e. The van der Waals surface area contributed by atoms with E-state index in [4.69, 9.17) is 4.74 Å². The Bertz CT molecular complexity index is 893. The Morgan fingerprint density at radius 1 is 1.00 bits per heavy atom. The first kappa shape index (κ1) is 22.2. The standard InChI is InChI=1S/C26H35N5O2/c32-25(28-21-22-6-2-1-3-7-22)31-13-10-26(11-14-31)20-23(9-19-33-26)29-15-17-30(18-16-29)24-8-4-5-12-27-24/h1-8,12,23H,9-11,13-21H2,(H,28,32). The van der Waals surface area contributed by atoms with Gasteiger partial charge in [-0.25, -0.2) is 9.78 Å². The molecule has 1 aromatic carbocycles. The summed E-state index contributed by atoms with van der Waals surface area (Å²) in [5.41, 5.74) is 1.05. The van der Waals surface area contributed by atoms with E-state index in [1.54, 1.807) is 0 Å². The van der Waals surface area contributed by atoms with Crippen LogP contribution in [0.5, 0.6) is 0 Å². The summed E-state index contributed by atoms with van der Waals surface area (Å²) in [6, 6.07) is 16.8. The minimum absolute atomic E-state index is 0.0340. The number of nitrogens with zero attached hydrogens (tertiary/aromatic N) is 4. The van der Waals surface area contributed by atoms with Crippen LogP contribution in [0.25, 0.3) is 0 Å². The van der Waals surface area contributed by atoms with Crippen molar-refractivity contribution in [2.75, 3.05) is 50.8 Å². The molecule has 2 aromatic rings. The maximum atomic E-state index is 12.7. The van der Waals surface area contributed by atoms with Crippen molar-refractivity contribution in [3.8, 4) is 0 Å². The minimum atomic E-state index is -0.0722. The number of nitrogens with one attached hydrogen (secondary N) is 1. The Balaban J connectivity index is 1.10. The first-order valence-corrected chi connectivity index (χ1v) is 12.3. The SMILES string of the molecule is O=C(NCc1ccccc1)N1CCC2(CC1)CC(N1CCN(c3ccccn3)CC1)CCO2. The van der Waals surface area contributed by atoms with E-state index < -0.39 is 0 Å². The number of ether oxygens (including phenoxy) is 1. The van der Waals surface area contributed by atoms with Gasteiger partial charge in [-0.2, -0.15) is 0 Å². The van der Waals surface area contributed by atoms with Crippen molar-refractivity contribution >= 4 is 11.8 Å². The van der Waals surface area contributed by atoms with Gasteiger partial charge in [-0.1, -0.05) is 36.4 Å². The van der Waals surface area contributed by atoms with Gasteiger partial charge in [0.1, 0.15) is 5.82 Å². The highest BCUT2D eigenvalue weighted by Crippen LogP contribution is 2.37. The monoisotopic (exact) mass is 449 g/mol. The van der Waals surface area contributed by atoms with Crippen molar-refractivity contribution in [3.05, 3.63) is 60.3 Å². The third kappa shape index (κ3) is 5.31. The molecule has 1 spiro atoms. The number of hydrogen-bond donors (Lipinski definition) is 1. The normalized spacial score (nSPS) is 23.5. The molecular formula is C26H35N5O2. The first-order chi connectivity index (χ1) is 16.2. The zero-order chi connectivity index (χ0) is 22.5. The van der Waals surface area contributed by atoms with Crippen molar-refractivity contribution in [2.45, 2.75) is 43.9 Å².